The number of hydrogen-bond acceptors (Lipinski definition) is 6. The number of nitriles is 1. The summed E-state index contributed by atoms with van der Waals surface area (Å²) in [5.41, 5.74) is 1.78. The molecule has 6 nitrogen and oxygen atoms in total. The number of halogens is 1. The molecule has 0 aliphatic rings. The molecule has 0 N–H and O–H groups in total. The number of allylic oxidation sites excluding steroid dienone is 1. The molecule has 0 heterocycles. The summed E-state index contributed by atoms with van der Waals surface area (Å²) in [4.78, 5) is 12.2. The van der Waals surface area contributed by atoms with E-state index in [1.165, 1.54) is 7.11 Å². The maximum atomic E-state index is 12.2. The third kappa shape index (κ3) is 5.60. The summed E-state index contributed by atoms with van der Waals surface area (Å²) in [5.74, 6) is 0.934. The second kappa shape index (κ2) is 10.9. The van der Waals surface area contributed by atoms with E-state index >= 15 is 0 Å². The van der Waals surface area contributed by atoms with E-state index in [2.05, 4.69) is 6.07 Å². The van der Waals surface area contributed by atoms with E-state index in [0.29, 0.717) is 39.0 Å². The summed E-state index contributed by atoms with van der Waals surface area (Å²) in [5, 5.41) is 10.0. The average molecular weight is 450 g/mol. The third-order valence-corrected chi connectivity index (χ3v) is 4.73. The molecule has 0 bridgehead atoms. The van der Waals surface area contributed by atoms with Crippen molar-refractivity contribution in [2.45, 2.75) is 0 Å². The van der Waals surface area contributed by atoms with Crippen molar-refractivity contribution in [2.24, 2.45) is 0 Å². The summed E-state index contributed by atoms with van der Waals surface area (Å²) in [6.07, 6.45) is 1.70. The normalized spacial score (nSPS) is 10.8. The van der Waals surface area contributed by atoms with E-state index in [9.17, 15) is 10.1 Å². The molecule has 0 spiro atoms. The maximum Gasteiger partial charge on any atom is 0.349 e. The minimum atomic E-state index is -0.613. The number of nitrogens with zero attached hydrogens (tertiary/aromatic N) is 1. The first-order valence-electron chi connectivity index (χ1n) is 9.57. The molecule has 3 aromatic rings. The molecule has 0 amide bonds. The van der Waals surface area contributed by atoms with Gasteiger partial charge >= 0.3 is 5.97 Å². The zero-order valence-corrected chi connectivity index (χ0v) is 18.3. The van der Waals surface area contributed by atoms with Crippen LogP contribution in [0.4, 0.5) is 0 Å². The van der Waals surface area contributed by atoms with Crippen molar-refractivity contribution in [3.05, 3.63) is 82.9 Å². The Morgan fingerprint density at radius 3 is 2.31 bits per heavy atom. The highest BCUT2D eigenvalue weighted by molar-refractivity contribution is 6.32. The van der Waals surface area contributed by atoms with Gasteiger partial charge in [-0.1, -0.05) is 41.9 Å². The van der Waals surface area contributed by atoms with Gasteiger partial charge in [-0.3, -0.25) is 0 Å². The first-order chi connectivity index (χ1) is 15.5. The van der Waals surface area contributed by atoms with Crippen LogP contribution in [-0.4, -0.2) is 26.8 Å². The van der Waals surface area contributed by atoms with Crippen molar-refractivity contribution in [1.29, 1.82) is 5.26 Å². The predicted molar refractivity (Wildman–Crippen MR) is 122 cm³/mol. The molecule has 162 valence electrons. The molecule has 0 unspecified atom stereocenters. The number of hydrogen-bond donors (Lipinski definition) is 0. The van der Waals surface area contributed by atoms with Crippen molar-refractivity contribution < 1.29 is 23.7 Å². The minimum absolute atomic E-state index is 0.230. The highest BCUT2D eigenvalue weighted by atomic mass is 35.5. The van der Waals surface area contributed by atoms with E-state index in [4.69, 9.17) is 30.5 Å². The molecule has 0 atom stereocenters. The van der Waals surface area contributed by atoms with Crippen LogP contribution in [0.2, 0.25) is 5.02 Å². The number of benzene rings is 3. The van der Waals surface area contributed by atoms with Gasteiger partial charge < -0.3 is 18.9 Å². The van der Waals surface area contributed by atoms with Gasteiger partial charge in [0.05, 0.1) is 30.9 Å². The molecule has 7 heteroatoms. The van der Waals surface area contributed by atoms with Crippen LogP contribution < -0.4 is 18.9 Å². The molecule has 0 radical (unpaired) electrons. The van der Waals surface area contributed by atoms with Gasteiger partial charge in [-0.25, -0.2) is 4.79 Å². The molecular formula is C25H20ClNO5. The van der Waals surface area contributed by atoms with Crippen LogP contribution in [0, 0.1) is 11.3 Å². The quantitative estimate of drug-likeness (QED) is 0.198. The fourth-order valence-electron chi connectivity index (χ4n) is 2.91. The second-order valence-corrected chi connectivity index (χ2v) is 6.88. The lowest BCUT2D eigenvalue weighted by Crippen LogP contribution is -2.18. The molecule has 0 fully saturated rings. The Balaban J connectivity index is 1.76. The lowest BCUT2D eigenvalue weighted by atomic mass is 10.0. The number of esters is 1. The van der Waals surface area contributed by atoms with Crippen LogP contribution in [0.15, 0.2) is 66.7 Å². The van der Waals surface area contributed by atoms with Crippen molar-refractivity contribution in [1.82, 2.24) is 0 Å². The van der Waals surface area contributed by atoms with Gasteiger partial charge in [0.25, 0.3) is 0 Å². The third-order valence-electron chi connectivity index (χ3n) is 4.42. The average Bonchev–Trinajstić information content (AvgIpc) is 2.82. The van der Waals surface area contributed by atoms with Crippen LogP contribution in [0.1, 0.15) is 11.1 Å². The Labute approximate surface area is 191 Å². The zero-order chi connectivity index (χ0) is 22.9. The Kier molecular flexibility index (Phi) is 7.74. The van der Waals surface area contributed by atoms with E-state index in [-0.39, 0.29) is 12.4 Å². The van der Waals surface area contributed by atoms with Crippen molar-refractivity contribution in [2.75, 3.05) is 20.8 Å². The van der Waals surface area contributed by atoms with E-state index in [1.807, 2.05) is 12.1 Å². The molecule has 0 aromatic heterocycles. The topological polar surface area (TPSA) is 77.8 Å². The van der Waals surface area contributed by atoms with Gasteiger partial charge in [0.2, 0.25) is 0 Å². The van der Waals surface area contributed by atoms with Gasteiger partial charge in [0, 0.05) is 5.56 Å². The Morgan fingerprint density at radius 1 is 0.938 bits per heavy atom. The fourth-order valence-corrected chi connectivity index (χ4v) is 3.10. The van der Waals surface area contributed by atoms with Gasteiger partial charge in [-0.05, 0) is 48.0 Å². The lowest BCUT2D eigenvalue weighted by molar-refractivity contribution is -0.136. The molecule has 0 saturated carbocycles. The minimum Gasteiger partial charge on any atom is -0.496 e. The molecule has 0 aliphatic carbocycles. The highest BCUT2D eigenvalue weighted by Crippen LogP contribution is 2.32. The fraction of sp³-hybridized carbons (Fsp3) is 0.120. The van der Waals surface area contributed by atoms with Crippen LogP contribution in [-0.2, 0) is 4.79 Å². The summed E-state index contributed by atoms with van der Waals surface area (Å²) >= 11 is 6.02. The van der Waals surface area contributed by atoms with Gasteiger partial charge in [-0.15, -0.1) is 0 Å². The van der Waals surface area contributed by atoms with Gasteiger partial charge in [0.15, 0.2) is 18.1 Å². The second-order valence-electron chi connectivity index (χ2n) is 6.47. The van der Waals surface area contributed by atoms with E-state index in [1.54, 1.807) is 67.8 Å². The highest BCUT2D eigenvalue weighted by Gasteiger charge is 2.13. The summed E-state index contributed by atoms with van der Waals surface area (Å²) in [6, 6.07) is 21.3. The van der Waals surface area contributed by atoms with Crippen LogP contribution in [0.3, 0.4) is 0 Å². The van der Waals surface area contributed by atoms with Crippen LogP contribution in [0.5, 0.6) is 23.0 Å². The first kappa shape index (κ1) is 22.7. The summed E-state index contributed by atoms with van der Waals surface area (Å²) < 4.78 is 21.5. The monoisotopic (exact) mass is 449 g/mol. The Bertz CT molecular complexity index is 1180. The number of methoxy groups -OCH3 is 2. The predicted octanol–water partition coefficient (Wildman–Crippen LogP) is 5.41. The number of ether oxygens (including phenoxy) is 4. The summed E-state index contributed by atoms with van der Waals surface area (Å²) in [7, 11) is 3.02. The Morgan fingerprint density at radius 2 is 1.62 bits per heavy atom. The number of carbonyl (C=O) groups is 1. The van der Waals surface area contributed by atoms with Crippen molar-refractivity contribution in [3.8, 4) is 29.1 Å². The molecule has 3 aromatic carbocycles. The van der Waals surface area contributed by atoms with Crippen LogP contribution in [0.25, 0.3) is 11.6 Å². The number of para-hydroxylation sites is 2. The molecule has 0 saturated heterocycles. The smallest absolute Gasteiger partial charge is 0.349 e. The largest absolute Gasteiger partial charge is 0.496 e. The molecule has 32 heavy (non-hydrogen) atoms. The Hall–Kier alpha value is -3.95. The van der Waals surface area contributed by atoms with E-state index < -0.39 is 5.97 Å². The maximum absolute atomic E-state index is 12.2. The first-order valence-corrected chi connectivity index (χ1v) is 9.94. The standard InChI is InChI=1S/C25H20ClNO5/c1-29-21-9-5-3-7-19(21)18(15-27)13-17-11-12-23(24(14-17)30-2)32-25(28)16-31-22-10-6-4-8-20(22)26/h3-14H,16H2,1-2H3/b18-13-. The van der Waals surface area contributed by atoms with E-state index in [0.717, 1.165) is 0 Å². The number of rotatable bonds is 8. The lowest BCUT2D eigenvalue weighted by Gasteiger charge is -2.11. The van der Waals surface area contributed by atoms with Crippen molar-refractivity contribution in [3.63, 3.8) is 0 Å². The van der Waals surface area contributed by atoms with Crippen LogP contribution >= 0.6 is 11.6 Å². The van der Waals surface area contributed by atoms with Gasteiger partial charge in [-0.2, -0.15) is 5.26 Å². The molecular weight excluding hydrogens is 430 g/mol. The van der Waals surface area contributed by atoms with Gasteiger partial charge in [0.1, 0.15) is 11.5 Å². The number of carbonyl (C=O) groups excluding carboxylic acids is 1. The summed E-state index contributed by atoms with van der Waals surface area (Å²) in [6.45, 7) is -0.319. The molecule has 0 aliphatic heterocycles. The van der Waals surface area contributed by atoms with Crippen molar-refractivity contribution >= 4 is 29.2 Å². The SMILES string of the molecule is COc1cc(/C=C(/C#N)c2ccccc2OC)ccc1OC(=O)COc1ccccc1Cl. The molecule has 3 rings (SSSR count). The zero-order valence-electron chi connectivity index (χ0n) is 17.5.